The van der Waals surface area contributed by atoms with Crippen LogP contribution >= 0.6 is 0 Å². The number of nitrogens with one attached hydrogen (secondary N) is 5. The number of unbranched alkanes of at least 4 members (excludes halogenated alkanes) is 4. The van der Waals surface area contributed by atoms with E-state index in [4.69, 9.17) is 16.2 Å². The normalized spacial score (nSPS) is 14.9. The molecule has 6 atom stereocenters. The molecule has 0 spiro atoms. The van der Waals surface area contributed by atoms with Crippen molar-refractivity contribution in [1.29, 1.82) is 0 Å². The van der Waals surface area contributed by atoms with E-state index in [-0.39, 0.29) is 96.0 Å². The standard InChI is InChI=1S/C26H48N3O4.C24H45N4O4.2W/c1-17(2)14-12-10-11-13-15-20(25(32)33)28-23(30)19(5)16-21(18(3)4)29(9)24(31)22(27)26(6,7)8;1-16(2)19(28(9)23(31)21(25)24(6,7)8)14-18(5)22(30)26-13-11-10-12-20(32-15-29)27-17(3)4;;/h16-18,20-22,27H,10-15H2,1-9H3,(H,28,30)(H,32,33);14-17,19-21,25,27H,10-13H2,1-9H3,(H,26,30);;/q2*-1;;/b19-16+;18-14+;;/t20?,21-,22-;19-,20?,21-;;/m11../s1. The number of carbonyl (C=O) groups excluding carboxylic acids is 5. The number of carboxylic acids is 1. The number of likely N-dealkylation sites (N-methyl/N-ethyl adjacent to an activating group) is 2. The molecule has 0 saturated carbocycles. The maximum atomic E-state index is 12.8. The van der Waals surface area contributed by atoms with Crippen LogP contribution in [0.5, 0.6) is 0 Å². The minimum Gasteiger partial charge on any atom is -0.666 e. The molecule has 0 fully saturated rings. The van der Waals surface area contributed by atoms with Crippen molar-refractivity contribution in [3.63, 3.8) is 0 Å². The molecular formula is C50H93N7O8W2-2. The van der Waals surface area contributed by atoms with E-state index in [1.165, 1.54) is 11.3 Å². The van der Waals surface area contributed by atoms with Gasteiger partial charge < -0.3 is 41.7 Å². The molecule has 0 aliphatic rings. The van der Waals surface area contributed by atoms with E-state index in [0.717, 1.165) is 38.5 Å². The number of carbonyl (C=O) groups is 6. The van der Waals surface area contributed by atoms with Crippen molar-refractivity contribution in [3.05, 3.63) is 34.8 Å². The molecule has 0 radical (unpaired) electrons. The number of aliphatic carboxylic acids is 1. The molecule has 0 saturated heterocycles. The summed E-state index contributed by atoms with van der Waals surface area (Å²) in [5.41, 5.74) is 16.5. The van der Waals surface area contributed by atoms with Gasteiger partial charge in [0.05, 0.1) is 12.1 Å². The second kappa shape index (κ2) is 35.6. The first-order valence-corrected chi connectivity index (χ1v) is 23.8. The van der Waals surface area contributed by atoms with Gasteiger partial charge in [0.15, 0.2) is 6.23 Å². The van der Waals surface area contributed by atoms with Crippen molar-refractivity contribution in [2.24, 2.45) is 28.6 Å². The zero-order chi connectivity index (χ0) is 51.0. The molecule has 15 nitrogen and oxygen atoms in total. The Morgan fingerprint density at radius 2 is 1.04 bits per heavy atom. The van der Waals surface area contributed by atoms with Gasteiger partial charge in [-0.25, -0.2) is 4.79 Å². The molecule has 0 aromatic heterocycles. The summed E-state index contributed by atoms with van der Waals surface area (Å²) >= 11 is 0. The van der Waals surface area contributed by atoms with E-state index in [1.54, 1.807) is 38.9 Å². The van der Waals surface area contributed by atoms with Crippen LogP contribution in [0.3, 0.4) is 0 Å². The van der Waals surface area contributed by atoms with E-state index in [2.05, 4.69) is 29.8 Å². The molecule has 2 unspecified atom stereocenters. The number of hydrogen-bond acceptors (Lipinski definition) is 8. The smallest absolute Gasteiger partial charge is 0.326 e. The van der Waals surface area contributed by atoms with Gasteiger partial charge in [-0.15, -0.1) is 0 Å². The Kier molecular flexibility index (Phi) is 37.8. The summed E-state index contributed by atoms with van der Waals surface area (Å²) in [7, 11) is 3.35. The first-order chi connectivity index (χ1) is 29.8. The van der Waals surface area contributed by atoms with E-state index < -0.39 is 40.8 Å². The van der Waals surface area contributed by atoms with Crippen LogP contribution < -0.4 is 16.0 Å². The summed E-state index contributed by atoms with van der Waals surface area (Å²) in [6, 6.07) is -3.15. The van der Waals surface area contributed by atoms with Gasteiger partial charge in [0.25, 0.3) is 6.47 Å². The van der Waals surface area contributed by atoms with Crippen molar-refractivity contribution >= 4 is 36.1 Å². The van der Waals surface area contributed by atoms with E-state index in [0.29, 0.717) is 42.9 Å². The first kappa shape index (κ1) is 71.1. The van der Waals surface area contributed by atoms with Crippen LogP contribution in [0.2, 0.25) is 0 Å². The number of nitrogens with zero attached hydrogens (tertiary/aromatic N) is 2. The monoisotopic (exact) mass is 1290 g/mol. The molecular weight excluding hydrogens is 1190 g/mol. The van der Waals surface area contributed by atoms with Crippen LogP contribution in [-0.2, 0) is 75.6 Å². The number of rotatable bonds is 28. The van der Waals surface area contributed by atoms with Gasteiger partial charge in [-0.05, 0) is 82.0 Å². The first-order valence-electron chi connectivity index (χ1n) is 23.8. The van der Waals surface area contributed by atoms with Gasteiger partial charge in [0.2, 0.25) is 23.6 Å². The number of carboxylic acid groups (broad SMARTS) is 1. The molecule has 390 valence electrons. The minimum atomic E-state index is -1.03. The SMILES string of the molecule is C/C(=C\[C@H](C(C)C)N(C)C(=O)[C@@H]([NH-])C(C)(C)C)C(=O)NC(CCCCCCC(C)C)C(=O)O.C/C(=C\[C@H](C(C)C)N(C)C(=O)[C@@H]([NH-])C(C)(C)C)C(=O)NCCCCC(NC(C)C)OC=O.[W].[W]. The third-order valence-electron chi connectivity index (χ3n) is 11.3. The van der Waals surface area contributed by atoms with Gasteiger partial charge in [-0.1, -0.05) is 139 Å². The van der Waals surface area contributed by atoms with Crippen LogP contribution in [0, 0.1) is 28.6 Å². The van der Waals surface area contributed by atoms with Gasteiger partial charge in [-0.3, -0.25) is 29.3 Å². The molecule has 4 amide bonds. The predicted octanol–water partition coefficient (Wildman–Crippen LogP) is 9.11. The van der Waals surface area contributed by atoms with E-state index in [9.17, 15) is 33.9 Å². The summed E-state index contributed by atoms with van der Waals surface area (Å²) in [4.78, 5) is 76.2. The fraction of sp³-hybridized carbons (Fsp3) is 0.800. The van der Waals surface area contributed by atoms with Crippen molar-refractivity contribution in [2.45, 2.75) is 211 Å². The molecule has 0 heterocycles. The Hall–Kier alpha value is -2.44. The molecule has 0 aromatic carbocycles. The zero-order valence-electron chi connectivity index (χ0n) is 44.6. The number of hydrogen-bond donors (Lipinski definition) is 4. The summed E-state index contributed by atoms with van der Waals surface area (Å²) in [5, 5.41) is 18.3. The topological polar surface area (TPSA) is 222 Å². The molecule has 0 bridgehead atoms. The third-order valence-corrected chi connectivity index (χ3v) is 11.3. The molecule has 0 aliphatic heterocycles. The molecule has 0 aromatic rings. The molecule has 0 rings (SSSR count). The molecule has 67 heavy (non-hydrogen) atoms. The van der Waals surface area contributed by atoms with Gasteiger partial charge in [0, 0.05) is 80.0 Å². The third kappa shape index (κ3) is 30.0. The number of amides is 4. The van der Waals surface area contributed by atoms with Crippen LogP contribution in [-0.4, -0.2) is 114 Å². The molecule has 0 aliphatic carbocycles. The predicted molar refractivity (Wildman–Crippen MR) is 264 cm³/mol. The van der Waals surface area contributed by atoms with Crippen molar-refractivity contribution in [3.8, 4) is 0 Å². The van der Waals surface area contributed by atoms with Crippen LogP contribution in [0.4, 0.5) is 0 Å². The van der Waals surface area contributed by atoms with Crippen LogP contribution in [0.15, 0.2) is 23.3 Å². The maximum absolute atomic E-state index is 12.8. The molecule has 17 heteroatoms. The van der Waals surface area contributed by atoms with E-state index in [1.807, 2.05) is 89.2 Å². The van der Waals surface area contributed by atoms with Gasteiger partial charge in [0.1, 0.15) is 6.04 Å². The van der Waals surface area contributed by atoms with Crippen LogP contribution in [0.1, 0.15) is 169 Å². The summed E-state index contributed by atoms with van der Waals surface area (Å²) in [6.07, 6.45) is 10.9. The van der Waals surface area contributed by atoms with Gasteiger partial charge >= 0.3 is 5.97 Å². The Labute approximate surface area is 435 Å². The second-order valence-corrected chi connectivity index (χ2v) is 21.2. The Balaban J connectivity index is -0.000000575. The summed E-state index contributed by atoms with van der Waals surface area (Å²) in [5.74, 6) is -1.39. The fourth-order valence-electron chi connectivity index (χ4n) is 6.82. The number of ether oxygens (including phenoxy) is 1. The fourth-order valence-corrected chi connectivity index (χ4v) is 6.82. The average molecular weight is 1290 g/mol. The second-order valence-electron chi connectivity index (χ2n) is 21.2. The zero-order valence-corrected chi connectivity index (χ0v) is 50.5. The van der Waals surface area contributed by atoms with Crippen molar-refractivity contribution in [1.82, 2.24) is 25.8 Å². The Morgan fingerprint density at radius 3 is 1.40 bits per heavy atom. The van der Waals surface area contributed by atoms with E-state index >= 15 is 0 Å². The average Bonchev–Trinajstić information content (AvgIpc) is 3.19. The maximum Gasteiger partial charge on any atom is 0.326 e. The quantitative estimate of drug-likeness (QED) is 0.0254. The van der Waals surface area contributed by atoms with Crippen molar-refractivity contribution in [2.75, 3.05) is 20.6 Å². The van der Waals surface area contributed by atoms with Gasteiger partial charge in [-0.2, -0.15) is 0 Å². The summed E-state index contributed by atoms with van der Waals surface area (Å²) in [6.45, 7) is 31.8. The summed E-state index contributed by atoms with van der Waals surface area (Å²) < 4.78 is 5.03. The Morgan fingerprint density at radius 1 is 0.642 bits per heavy atom. The largest absolute Gasteiger partial charge is 0.666 e. The van der Waals surface area contributed by atoms with Crippen molar-refractivity contribution < 1.29 is 80.7 Å². The Bertz CT molecular complexity index is 1530. The minimum absolute atomic E-state index is 0. The molecule has 6 N–H and O–H groups in total. The van der Waals surface area contributed by atoms with Crippen LogP contribution in [0.25, 0.3) is 11.5 Å².